The van der Waals surface area contributed by atoms with Gasteiger partial charge in [-0.15, -0.1) is 5.10 Å². The van der Waals surface area contributed by atoms with Gasteiger partial charge in [-0.1, -0.05) is 49.4 Å². The molecule has 0 bridgehead atoms. The number of carbonyl (C=O) groups is 1. The molecule has 1 amide bonds. The molecule has 1 heterocycles. The zero-order valence-electron chi connectivity index (χ0n) is 11.2. The van der Waals surface area contributed by atoms with Crippen molar-refractivity contribution in [1.29, 1.82) is 0 Å². The number of benzene rings is 1. The maximum atomic E-state index is 11.8. The van der Waals surface area contributed by atoms with Crippen LogP contribution in [0.5, 0.6) is 0 Å². The zero-order chi connectivity index (χ0) is 13.7. The zero-order valence-corrected chi connectivity index (χ0v) is 11.2. The molecular formula is C14H18N4O. The van der Waals surface area contributed by atoms with Crippen molar-refractivity contribution in [3.63, 3.8) is 0 Å². The summed E-state index contributed by atoms with van der Waals surface area (Å²) in [5.41, 5.74) is 1.48. The Hall–Kier alpha value is -2.17. The lowest BCUT2D eigenvalue weighted by Gasteiger charge is -2.04. The maximum Gasteiger partial charge on any atom is 0.273 e. The van der Waals surface area contributed by atoms with Gasteiger partial charge in [-0.2, -0.15) is 0 Å². The van der Waals surface area contributed by atoms with E-state index in [0.717, 1.165) is 5.56 Å². The van der Waals surface area contributed by atoms with Gasteiger partial charge in [0.1, 0.15) is 0 Å². The van der Waals surface area contributed by atoms with Crippen LogP contribution >= 0.6 is 0 Å². The van der Waals surface area contributed by atoms with Crippen LogP contribution in [0.3, 0.4) is 0 Å². The molecule has 0 atom stereocenters. The molecule has 0 fully saturated rings. The summed E-state index contributed by atoms with van der Waals surface area (Å²) in [6.45, 7) is 5.36. The molecule has 5 heteroatoms. The van der Waals surface area contributed by atoms with Crippen molar-refractivity contribution in [2.24, 2.45) is 5.92 Å². The van der Waals surface area contributed by atoms with Crippen molar-refractivity contribution in [2.45, 2.75) is 20.4 Å². The van der Waals surface area contributed by atoms with Gasteiger partial charge in [0, 0.05) is 6.54 Å². The first-order valence-electron chi connectivity index (χ1n) is 6.37. The molecule has 0 spiro atoms. The first-order valence-corrected chi connectivity index (χ1v) is 6.37. The molecule has 0 saturated heterocycles. The normalized spacial score (nSPS) is 10.7. The summed E-state index contributed by atoms with van der Waals surface area (Å²) in [7, 11) is 0. The van der Waals surface area contributed by atoms with E-state index in [1.807, 2.05) is 44.2 Å². The highest BCUT2D eigenvalue weighted by Crippen LogP contribution is 2.02. The minimum Gasteiger partial charge on any atom is -0.350 e. The van der Waals surface area contributed by atoms with Crippen LogP contribution in [-0.4, -0.2) is 27.4 Å². The van der Waals surface area contributed by atoms with Gasteiger partial charge in [0.25, 0.3) is 5.91 Å². The number of amides is 1. The van der Waals surface area contributed by atoms with Crippen molar-refractivity contribution in [2.75, 3.05) is 6.54 Å². The van der Waals surface area contributed by atoms with Crippen LogP contribution in [0.25, 0.3) is 0 Å². The van der Waals surface area contributed by atoms with Crippen LogP contribution in [0.2, 0.25) is 0 Å². The predicted octanol–water partition coefficient (Wildman–Crippen LogP) is 1.71. The Bertz CT molecular complexity index is 533. The second kappa shape index (κ2) is 6.13. The first kappa shape index (κ1) is 13.3. The fourth-order valence-electron chi connectivity index (χ4n) is 1.64. The lowest BCUT2D eigenvalue weighted by atomic mass is 10.2. The van der Waals surface area contributed by atoms with Gasteiger partial charge in [-0.05, 0) is 11.5 Å². The van der Waals surface area contributed by atoms with E-state index >= 15 is 0 Å². The van der Waals surface area contributed by atoms with Crippen molar-refractivity contribution in [3.8, 4) is 0 Å². The summed E-state index contributed by atoms with van der Waals surface area (Å²) in [6.07, 6.45) is 1.67. The molecule has 0 saturated carbocycles. The van der Waals surface area contributed by atoms with E-state index < -0.39 is 0 Å². The summed E-state index contributed by atoms with van der Waals surface area (Å²) >= 11 is 0. The highest BCUT2D eigenvalue weighted by Gasteiger charge is 2.10. The molecule has 0 aliphatic rings. The van der Waals surface area contributed by atoms with E-state index in [9.17, 15) is 4.79 Å². The van der Waals surface area contributed by atoms with Crippen molar-refractivity contribution < 1.29 is 4.79 Å². The number of carbonyl (C=O) groups excluding carboxylic acids is 1. The van der Waals surface area contributed by atoms with Gasteiger partial charge in [0.2, 0.25) is 0 Å². The SMILES string of the molecule is CC(C)CNC(=O)c1cn(Cc2ccccc2)nn1. The fourth-order valence-corrected chi connectivity index (χ4v) is 1.64. The average molecular weight is 258 g/mol. The summed E-state index contributed by atoms with van der Waals surface area (Å²) < 4.78 is 1.67. The molecule has 2 aromatic rings. The minimum absolute atomic E-state index is 0.173. The predicted molar refractivity (Wildman–Crippen MR) is 72.7 cm³/mol. The number of nitrogens with zero attached hydrogens (tertiary/aromatic N) is 3. The minimum atomic E-state index is -0.173. The lowest BCUT2D eigenvalue weighted by Crippen LogP contribution is -2.27. The highest BCUT2D eigenvalue weighted by molar-refractivity contribution is 5.91. The molecule has 100 valence electrons. The molecule has 19 heavy (non-hydrogen) atoms. The fraction of sp³-hybridized carbons (Fsp3) is 0.357. The van der Waals surface area contributed by atoms with Crippen LogP contribution in [0, 0.1) is 5.92 Å². The second-order valence-electron chi connectivity index (χ2n) is 4.89. The van der Waals surface area contributed by atoms with Crippen molar-refractivity contribution >= 4 is 5.91 Å². The number of nitrogens with one attached hydrogen (secondary N) is 1. The van der Waals surface area contributed by atoms with E-state index in [1.54, 1.807) is 10.9 Å². The molecule has 0 unspecified atom stereocenters. The first-order chi connectivity index (χ1) is 9.15. The largest absolute Gasteiger partial charge is 0.350 e. The molecule has 5 nitrogen and oxygen atoms in total. The highest BCUT2D eigenvalue weighted by atomic mass is 16.2. The molecule has 2 rings (SSSR count). The third kappa shape index (κ3) is 3.91. The van der Waals surface area contributed by atoms with Gasteiger partial charge in [0.05, 0.1) is 12.7 Å². The Morgan fingerprint density at radius 3 is 2.74 bits per heavy atom. The molecule has 0 aliphatic heterocycles. The summed E-state index contributed by atoms with van der Waals surface area (Å²) in [5.74, 6) is 0.247. The van der Waals surface area contributed by atoms with Gasteiger partial charge < -0.3 is 5.32 Å². The van der Waals surface area contributed by atoms with Gasteiger partial charge in [0.15, 0.2) is 5.69 Å². The van der Waals surface area contributed by atoms with Crippen LogP contribution in [0.15, 0.2) is 36.5 Å². The van der Waals surface area contributed by atoms with Crippen molar-refractivity contribution in [3.05, 3.63) is 47.8 Å². The van der Waals surface area contributed by atoms with Gasteiger partial charge in [-0.25, -0.2) is 4.68 Å². The van der Waals surface area contributed by atoms with Crippen LogP contribution in [0.1, 0.15) is 29.9 Å². The Morgan fingerprint density at radius 2 is 2.05 bits per heavy atom. The van der Waals surface area contributed by atoms with Crippen molar-refractivity contribution in [1.82, 2.24) is 20.3 Å². The third-order valence-electron chi connectivity index (χ3n) is 2.63. The van der Waals surface area contributed by atoms with Crippen LogP contribution in [-0.2, 0) is 6.54 Å². The van der Waals surface area contributed by atoms with E-state index in [2.05, 4.69) is 15.6 Å². The maximum absolute atomic E-state index is 11.8. The van der Waals surface area contributed by atoms with Gasteiger partial charge in [-0.3, -0.25) is 4.79 Å². The standard InChI is InChI=1S/C14H18N4O/c1-11(2)8-15-14(19)13-10-18(17-16-13)9-12-6-4-3-5-7-12/h3-7,10-11H,8-9H2,1-2H3,(H,15,19). The average Bonchev–Trinajstić information content (AvgIpc) is 2.85. The second-order valence-corrected chi connectivity index (χ2v) is 4.89. The number of hydrogen-bond acceptors (Lipinski definition) is 3. The van der Waals surface area contributed by atoms with E-state index in [-0.39, 0.29) is 5.91 Å². The lowest BCUT2D eigenvalue weighted by molar-refractivity contribution is 0.0944. The monoisotopic (exact) mass is 258 g/mol. The summed E-state index contributed by atoms with van der Waals surface area (Å²) in [5, 5.41) is 10.7. The third-order valence-corrected chi connectivity index (χ3v) is 2.63. The number of hydrogen-bond donors (Lipinski definition) is 1. The Labute approximate surface area is 112 Å². The van der Waals surface area contributed by atoms with E-state index in [4.69, 9.17) is 0 Å². The van der Waals surface area contributed by atoms with E-state index in [0.29, 0.717) is 24.7 Å². The van der Waals surface area contributed by atoms with Crippen LogP contribution < -0.4 is 5.32 Å². The Balaban J connectivity index is 1.97. The molecule has 0 aliphatic carbocycles. The Morgan fingerprint density at radius 1 is 1.32 bits per heavy atom. The van der Waals surface area contributed by atoms with E-state index in [1.165, 1.54) is 0 Å². The molecule has 0 radical (unpaired) electrons. The summed E-state index contributed by atoms with van der Waals surface area (Å²) in [6, 6.07) is 9.95. The molecule has 1 aromatic heterocycles. The number of rotatable bonds is 5. The quantitative estimate of drug-likeness (QED) is 0.888. The van der Waals surface area contributed by atoms with Gasteiger partial charge >= 0.3 is 0 Å². The molecule has 1 aromatic carbocycles. The Kier molecular flexibility index (Phi) is 4.28. The summed E-state index contributed by atoms with van der Waals surface area (Å²) in [4.78, 5) is 11.8. The molecule has 1 N–H and O–H groups in total. The smallest absolute Gasteiger partial charge is 0.273 e. The molecular weight excluding hydrogens is 240 g/mol. The van der Waals surface area contributed by atoms with Crippen LogP contribution in [0.4, 0.5) is 0 Å². The number of aromatic nitrogens is 3. The topological polar surface area (TPSA) is 59.8 Å².